The minimum atomic E-state index is -3.67. The third-order valence-electron chi connectivity index (χ3n) is 2.50. The lowest BCUT2D eigenvalue weighted by molar-refractivity contribution is -0.142. The molecule has 1 N–H and O–H groups in total. The highest BCUT2D eigenvalue weighted by Crippen LogP contribution is 2.08. The Hall–Kier alpha value is -1.41. The van der Waals surface area contributed by atoms with Gasteiger partial charge in [0.25, 0.3) is 10.0 Å². The smallest absolute Gasteiger partial charge is 0.307 e. The number of rotatable bonds is 7. The van der Waals surface area contributed by atoms with Crippen LogP contribution in [0.2, 0.25) is 0 Å². The number of carbonyl (C=O) groups is 1. The van der Waals surface area contributed by atoms with Crippen molar-refractivity contribution in [1.82, 2.24) is 14.3 Å². The van der Waals surface area contributed by atoms with Crippen molar-refractivity contribution in [3.8, 4) is 0 Å². The van der Waals surface area contributed by atoms with Gasteiger partial charge in [0.05, 0.1) is 13.0 Å². The van der Waals surface area contributed by atoms with E-state index in [-0.39, 0.29) is 24.6 Å². The molecule has 0 aromatic carbocycles. The number of aromatic nitrogens is 2. The van der Waals surface area contributed by atoms with Crippen LogP contribution < -0.4 is 4.72 Å². The minimum absolute atomic E-state index is 0.000534. The summed E-state index contributed by atoms with van der Waals surface area (Å²) >= 11 is 0. The van der Waals surface area contributed by atoms with Crippen molar-refractivity contribution in [1.29, 1.82) is 0 Å². The second kappa shape index (κ2) is 6.67. The van der Waals surface area contributed by atoms with E-state index in [1.165, 1.54) is 6.20 Å². The van der Waals surface area contributed by atoms with Crippen LogP contribution in [0.5, 0.6) is 0 Å². The monoisotopic (exact) mass is 289 g/mol. The molecular formula is C11H19N3O4S. The van der Waals surface area contributed by atoms with E-state index in [4.69, 9.17) is 4.74 Å². The standard InChI is InChI=1S/C11H19N3O4S/c1-4-14-8-10(13-9(14)3)19(16,17)12-7-6-11(15)18-5-2/h8,12H,4-7H2,1-3H3. The lowest BCUT2D eigenvalue weighted by Crippen LogP contribution is -2.27. The number of ether oxygens (including phenoxy) is 1. The van der Waals surface area contributed by atoms with Gasteiger partial charge in [-0.2, -0.15) is 0 Å². The first-order chi connectivity index (χ1) is 8.90. The number of carbonyl (C=O) groups excluding carboxylic acids is 1. The SMILES string of the molecule is CCOC(=O)CCNS(=O)(=O)c1cn(CC)c(C)n1. The molecule has 0 radical (unpaired) electrons. The van der Waals surface area contributed by atoms with Crippen molar-refractivity contribution in [2.45, 2.75) is 38.8 Å². The molecule has 19 heavy (non-hydrogen) atoms. The first-order valence-electron chi connectivity index (χ1n) is 6.09. The van der Waals surface area contributed by atoms with E-state index in [0.29, 0.717) is 12.4 Å². The van der Waals surface area contributed by atoms with Crippen LogP contribution in [-0.4, -0.2) is 37.1 Å². The Labute approximate surface area is 113 Å². The van der Waals surface area contributed by atoms with Crippen molar-refractivity contribution in [2.75, 3.05) is 13.2 Å². The van der Waals surface area contributed by atoms with Crippen LogP contribution in [0, 0.1) is 6.92 Å². The summed E-state index contributed by atoms with van der Waals surface area (Å²) in [6.07, 6.45) is 1.47. The molecule has 1 heterocycles. The molecule has 0 spiro atoms. The molecule has 1 aromatic heterocycles. The summed E-state index contributed by atoms with van der Waals surface area (Å²) in [5.74, 6) is 0.203. The van der Waals surface area contributed by atoms with Gasteiger partial charge in [0.1, 0.15) is 5.82 Å². The molecule has 0 atom stereocenters. The predicted molar refractivity (Wildman–Crippen MR) is 69.1 cm³/mol. The Morgan fingerprint density at radius 3 is 2.68 bits per heavy atom. The average molecular weight is 289 g/mol. The van der Waals surface area contributed by atoms with Crippen LogP contribution >= 0.6 is 0 Å². The molecule has 0 aliphatic heterocycles. The first-order valence-corrected chi connectivity index (χ1v) is 7.58. The van der Waals surface area contributed by atoms with E-state index in [1.807, 2.05) is 6.92 Å². The van der Waals surface area contributed by atoms with E-state index in [2.05, 4.69) is 9.71 Å². The quantitative estimate of drug-likeness (QED) is 0.736. The largest absolute Gasteiger partial charge is 0.466 e. The number of hydrogen-bond donors (Lipinski definition) is 1. The van der Waals surface area contributed by atoms with Crippen molar-refractivity contribution in [3.05, 3.63) is 12.0 Å². The van der Waals surface area contributed by atoms with E-state index in [1.54, 1.807) is 18.4 Å². The van der Waals surface area contributed by atoms with Gasteiger partial charge in [0.2, 0.25) is 0 Å². The van der Waals surface area contributed by atoms with Crippen molar-refractivity contribution < 1.29 is 17.9 Å². The van der Waals surface area contributed by atoms with Gasteiger partial charge in [-0.15, -0.1) is 0 Å². The summed E-state index contributed by atoms with van der Waals surface area (Å²) in [6, 6.07) is 0. The Morgan fingerprint density at radius 2 is 2.16 bits per heavy atom. The van der Waals surface area contributed by atoms with Gasteiger partial charge in [0, 0.05) is 19.3 Å². The summed E-state index contributed by atoms with van der Waals surface area (Å²) in [5, 5.41) is -0.0318. The van der Waals surface area contributed by atoms with Gasteiger partial charge in [-0.05, 0) is 20.8 Å². The lowest BCUT2D eigenvalue weighted by atomic mass is 10.4. The Kier molecular flexibility index (Phi) is 5.49. The molecule has 0 bridgehead atoms. The van der Waals surface area contributed by atoms with Crippen molar-refractivity contribution >= 4 is 16.0 Å². The Balaban J connectivity index is 2.63. The Morgan fingerprint density at radius 1 is 1.47 bits per heavy atom. The fraction of sp³-hybridized carbons (Fsp3) is 0.636. The van der Waals surface area contributed by atoms with Crippen LogP contribution in [0.15, 0.2) is 11.2 Å². The van der Waals surface area contributed by atoms with E-state index in [9.17, 15) is 13.2 Å². The molecule has 0 saturated heterocycles. The van der Waals surface area contributed by atoms with Gasteiger partial charge in [0.15, 0.2) is 5.03 Å². The third kappa shape index (κ3) is 4.32. The topological polar surface area (TPSA) is 90.3 Å². The van der Waals surface area contributed by atoms with Crippen LogP contribution in [0.3, 0.4) is 0 Å². The van der Waals surface area contributed by atoms with Crippen LogP contribution in [0.25, 0.3) is 0 Å². The summed E-state index contributed by atoms with van der Waals surface area (Å²) in [6.45, 7) is 6.27. The third-order valence-corrected chi connectivity index (χ3v) is 3.83. The highest BCUT2D eigenvalue weighted by atomic mass is 32.2. The number of nitrogens with zero attached hydrogens (tertiary/aromatic N) is 2. The lowest BCUT2D eigenvalue weighted by Gasteiger charge is -2.04. The second-order valence-corrected chi connectivity index (χ2v) is 5.58. The highest BCUT2D eigenvalue weighted by Gasteiger charge is 2.18. The average Bonchev–Trinajstić information content (AvgIpc) is 2.71. The number of nitrogens with one attached hydrogen (secondary N) is 1. The van der Waals surface area contributed by atoms with E-state index >= 15 is 0 Å². The maximum absolute atomic E-state index is 11.9. The molecule has 1 rings (SSSR count). The maximum atomic E-state index is 11.9. The van der Waals surface area contributed by atoms with Gasteiger partial charge < -0.3 is 9.30 Å². The zero-order valence-corrected chi connectivity index (χ0v) is 12.2. The summed E-state index contributed by atoms with van der Waals surface area (Å²) in [5.41, 5.74) is 0. The molecule has 0 unspecified atom stereocenters. The normalized spacial score (nSPS) is 11.5. The van der Waals surface area contributed by atoms with Gasteiger partial charge in [-0.1, -0.05) is 0 Å². The molecule has 8 heteroatoms. The van der Waals surface area contributed by atoms with Gasteiger partial charge in [-0.3, -0.25) is 4.79 Å². The first kappa shape index (κ1) is 15.6. The summed E-state index contributed by atoms with van der Waals surface area (Å²) in [4.78, 5) is 15.1. The molecule has 1 aromatic rings. The molecule has 108 valence electrons. The highest BCUT2D eigenvalue weighted by molar-refractivity contribution is 7.89. The van der Waals surface area contributed by atoms with Crippen LogP contribution in [0.4, 0.5) is 0 Å². The number of esters is 1. The number of hydrogen-bond acceptors (Lipinski definition) is 5. The van der Waals surface area contributed by atoms with E-state index < -0.39 is 16.0 Å². The van der Waals surface area contributed by atoms with Gasteiger partial charge in [-0.25, -0.2) is 18.1 Å². The predicted octanol–water partition coefficient (Wildman–Crippen LogP) is 0.443. The second-order valence-electron chi connectivity index (χ2n) is 3.87. The molecule has 0 aliphatic rings. The minimum Gasteiger partial charge on any atom is -0.466 e. The van der Waals surface area contributed by atoms with Gasteiger partial charge >= 0.3 is 5.97 Å². The molecule has 0 amide bonds. The zero-order chi connectivity index (χ0) is 14.5. The fourth-order valence-electron chi connectivity index (χ4n) is 1.52. The summed E-state index contributed by atoms with van der Waals surface area (Å²) < 4.78 is 32.6. The van der Waals surface area contributed by atoms with Crippen molar-refractivity contribution in [3.63, 3.8) is 0 Å². The number of sulfonamides is 1. The molecular weight excluding hydrogens is 270 g/mol. The zero-order valence-electron chi connectivity index (χ0n) is 11.3. The molecule has 7 nitrogen and oxygen atoms in total. The van der Waals surface area contributed by atoms with Crippen molar-refractivity contribution in [2.24, 2.45) is 0 Å². The number of imidazole rings is 1. The molecule has 0 saturated carbocycles. The van der Waals surface area contributed by atoms with Crippen LogP contribution in [-0.2, 0) is 26.1 Å². The summed E-state index contributed by atoms with van der Waals surface area (Å²) in [7, 11) is -3.67. The maximum Gasteiger partial charge on any atom is 0.307 e. The van der Waals surface area contributed by atoms with Crippen LogP contribution in [0.1, 0.15) is 26.1 Å². The molecule has 0 fully saturated rings. The fourth-order valence-corrected chi connectivity index (χ4v) is 2.56. The van der Waals surface area contributed by atoms with E-state index in [0.717, 1.165) is 0 Å². The Bertz CT molecular complexity index is 536. The molecule has 0 aliphatic carbocycles. The number of aryl methyl sites for hydroxylation is 2.